The van der Waals surface area contributed by atoms with Crippen LogP contribution in [0.3, 0.4) is 0 Å². The van der Waals surface area contributed by atoms with E-state index >= 15 is 0 Å². The van der Waals surface area contributed by atoms with Crippen LogP contribution in [0.5, 0.6) is 0 Å². The summed E-state index contributed by atoms with van der Waals surface area (Å²) in [4.78, 5) is 18.3. The van der Waals surface area contributed by atoms with Crippen LogP contribution in [-0.4, -0.2) is 67.7 Å². The van der Waals surface area contributed by atoms with Gasteiger partial charge in [0.1, 0.15) is 0 Å². The molecule has 2 heterocycles. The van der Waals surface area contributed by atoms with Gasteiger partial charge in [-0.2, -0.15) is 0 Å². The standard InChI is InChI=1S/C12H16Cl2N2.C10H18N2O/c1-2-15-6-8-16(9-7-15)11-5-3-4-10(13)12(11)14;13-10-11-7-4-8-12(10)9-5-2-1-3-6-9/h3-5H,2,6-9H2,1H3;9H,1-8H2,(H,11,13). The number of carbonyl (C=O) groups excluding carboxylic acids is 1. The fourth-order valence-electron chi connectivity index (χ4n) is 4.43. The van der Waals surface area contributed by atoms with Gasteiger partial charge in [-0.3, -0.25) is 0 Å². The fourth-order valence-corrected chi connectivity index (χ4v) is 4.85. The number of anilines is 1. The highest BCUT2D eigenvalue weighted by atomic mass is 35.5. The minimum atomic E-state index is 0.165. The SMILES string of the molecule is CCN1CCN(c2cccc(Cl)c2Cl)CC1.O=C1NCCCN1C1CCCCC1. The number of nitrogens with one attached hydrogen (secondary N) is 1. The number of nitrogens with zero attached hydrogens (tertiary/aromatic N) is 3. The van der Waals surface area contributed by atoms with E-state index in [1.807, 2.05) is 23.1 Å². The van der Waals surface area contributed by atoms with Crippen LogP contribution >= 0.6 is 23.2 Å². The topological polar surface area (TPSA) is 38.8 Å². The molecule has 7 heteroatoms. The van der Waals surface area contributed by atoms with Crippen LogP contribution in [0, 0.1) is 0 Å². The van der Waals surface area contributed by atoms with E-state index < -0.39 is 0 Å². The smallest absolute Gasteiger partial charge is 0.317 e. The van der Waals surface area contributed by atoms with E-state index in [9.17, 15) is 4.79 Å². The molecule has 2 aliphatic heterocycles. The highest BCUT2D eigenvalue weighted by Crippen LogP contribution is 2.32. The molecule has 1 N–H and O–H groups in total. The number of piperazine rings is 1. The lowest BCUT2D eigenvalue weighted by molar-refractivity contribution is 0.143. The Morgan fingerprint density at radius 2 is 1.72 bits per heavy atom. The highest BCUT2D eigenvalue weighted by Gasteiger charge is 2.26. The maximum absolute atomic E-state index is 11.5. The molecule has 2 saturated heterocycles. The minimum Gasteiger partial charge on any atom is -0.368 e. The van der Waals surface area contributed by atoms with Gasteiger partial charge < -0.3 is 20.0 Å². The molecular weight excluding hydrogens is 407 g/mol. The van der Waals surface area contributed by atoms with E-state index in [2.05, 4.69) is 22.0 Å². The third-order valence-corrected chi connectivity index (χ3v) is 7.03. The van der Waals surface area contributed by atoms with Crippen LogP contribution in [0.1, 0.15) is 45.4 Å². The van der Waals surface area contributed by atoms with E-state index in [-0.39, 0.29) is 6.03 Å². The van der Waals surface area contributed by atoms with E-state index in [1.54, 1.807) is 0 Å². The molecule has 1 aliphatic carbocycles. The van der Waals surface area contributed by atoms with Gasteiger partial charge >= 0.3 is 6.03 Å². The molecule has 1 aromatic carbocycles. The van der Waals surface area contributed by atoms with Gasteiger partial charge in [0.15, 0.2) is 0 Å². The molecule has 162 valence electrons. The molecule has 3 aliphatic rings. The van der Waals surface area contributed by atoms with Crippen LogP contribution in [0.25, 0.3) is 0 Å². The Hall–Kier alpha value is -1.17. The molecule has 3 fully saturated rings. The number of halogens is 2. The summed E-state index contributed by atoms with van der Waals surface area (Å²) < 4.78 is 0. The fraction of sp³-hybridized carbons (Fsp3) is 0.682. The van der Waals surface area contributed by atoms with Crippen molar-refractivity contribution >= 4 is 34.9 Å². The predicted molar refractivity (Wildman–Crippen MR) is 122 cm³/mol. The van der Waals surface area contributed by atoms with Crippen molar-refractivity contribution < 1.29 is 4.79 Å². The van der Waals surface area contributed by atoms with Gasteiger partial charge in [-0.25, -0.2) is 4.79 Å². The molecule has 1 aromatic rings. The predicted octanol–water partition coefficient (Wildman–Crippen LogP) is 4.87. The van der Waals surface area contributed by atoms with Crippen molar-refractivity contribution in [1.29, 1.82) is 0 Å². The monoisotopic (exact) mass is 440 g/mol. The number of benzene rings is 1. The number of urea groups is 1. The van der Waals surface area contributed by atoms with Crippen LogP contribution in [0.4, 0.5) is 10.5 Å². The Morgan fingerprint density at radius 3 is 2.38 bits per heavy atom. The molecular formula is C22H34Cl2N4O. The van der Waals surface area contributed by atoms with Gasteiger partial charge in [0.05, 0.1) is 15.7 Å². The summed E-state index contributed by atoms with van der Waals surface area (Å²) in [7, 11) is 0. The lowest BCUT2D eigenvalue weighted by Gasteiger charge is -2.36. The molecule has 2 amide bonds. The normalized spacial score (nSPS) is 21.4. The number of hydrogen-bond donors (Lipinski definition) is 1. The Labute approximate surface area is 185 Å². The minimum absolute atomic E-state index is 0.165. The summed E-state index contributed by atoms with van der Waals surface area (Å²) in [5.74, 6) is 0. The Balaban J connectivity index is 0.000000169. The largest absolute Gasteiger partial charge is 0.368 e. The lowest BCUT2D eigenvalue weighted by atomic mass is 9.94. The summed E-state index contributed by atoms with van der Waals surface area (Å²) in [6, 6.07) is 6.52. The van der Waals surface area contributed by atoms with Crippen LogP contribution < -0.4 is 10.2 Å². The van der Waals surface area contributed by atoms with Crippen LogP contribution in [0.2, 0.25) is 10.0 Å². The molecule has 0 spiro atoms. The van der Waals surface area contributed by atoms with Gasteiger partial charge in [0, 0.05) is 45.3 Å². The Kier molecular flexibility index (Phi) is 8.76. The lowest BCUT2D eigenvalue weighted by Crippen LogP contribution is -2.51. The summed E-state index contributed by atoms with van der Waals surface area (Å²) in [6.45, 7) is 9.39. The first-order valence-corrected chi connectivity index (χ1v) is 11.8. The summed E-state index contributed by atoms with van der Waals surface area (Å²) >= 11 is 12.2. The average molecular weight is 441 g/mol. The van der Waals surface area contributed by atoms with Crippen molar-refractivity contribution in [2.75, 3.05) is 50.7 Å². The van der Waals surface area contributed by atoms with E-state index in [1.165, 1.54) is 32.1 Å². The van der Waals surface area contributed by atoms with Crippen molar-refractivity contribution in [1.82, 2.24) is 15.1 Å². The third-order valence-electron chi connectivity index (χ3n) is 6.22. The number of carbonyl (C=O) groups is 1. The zero-order valence-corrected chi connectivity index (χ0v) is 19.0. The maximum atomic E-state index is 11.5. The number of hydrogen-bond acceptors (Lipinski definition) is 3. The first-order chi connectivity index (χ1) is 14.1. The molecule has 29 heavy (non-hydrogen) atoms. The summed E-state index contributed by atoms with van der Waals surface area (Å²) in [6.07, 6.45) is 7.50. The average Bonchev–Trinajstić information content (AvgIpc) is 2.77. The van der Waals surface area contributed by atoms with E-state index in [0.29, 0.717) is 16.1 Å². The number of rotatable bonds is 3. The molecule has 0 unspecified atom stereocenters. The Morgan fingerprint density at radius 1 is 1.00 bits per heavy atom. The molecule has 0 atom stereocenters. The molecule has 1 saturated carbocycles. The zero-order chi connectivity index (χ0) is 20.6. The maximum Gasteiger partial charge on any atom is 0.317 e. The van der Waals surface area contributed by atoms with Crippen molar-refractivity contribution in [3.05, 3.63) is 28.2 Å². The van der Waals surface area contributed by atoms with Crippen LogP contribution in [0.15, 0.2) is 18.2 Å². The van der Waals surface area contributed by atoms with Crippen molar-refractivity contribution in [3.63, 3.8) is 0 Å². The van der Waals surface area contributed by atoms with Gasteiger partial charge in [0.25, 0.3) is 0 Å². The highest BCUT2D eigenvalue weighted by molar-refractivity contribution is 6.43. The van der Waals surface area contributed by atoms with Crippen molar-refractivity contribution in [2.24, 2.45) is 0 Å². The molecule has 4 rings (SSSR count). The van der Waals surface area contributed by atoms with Crippen molar-refractivity contribution in [3.8, 4) is 0 Å². The molecule has 5 nitrogen and oxygen atoms in total. The second kappa shape index (κ2) is 11.3. The van der Waals surface area contributed by atoms with Crippen LogP contribution in [-0.2, 0) is 0 Å². The first-order valence-electron chi connectivity index (χ1n) is 11.1. The second-order valence-electron chi connectivity index (χ2n) is 8.06. The Bertz CT molecular complexity index is 658. The van der Waals surface area contributed by atoms with Gasteiger partial charge in [-0.05, 0) is 37.9 Å². The molecule has 0 bridgehead atoms. The summed E-state index contributed by atoms with van der Waals surface area (Å²) in [5.41, 5.74) is 1.06. The van der Waals surface area contributed by atoms with Crippen molar-refractivity contribution in [2.45, 2.75) is 51.5 Å². The molecule has 0 radical (unpaired) electrons. The zero-order valence-electron chi connectivity index (χ0n) is 17.5. The molecule has 0 aromatic heterocycles. The quantitative estimate of drug-likeness (QED) is 0.728. The van der Waals surface area contributed by atoms with E-state index in [0.717, 1.165) is 57.9 Å². The first kappa shape index (κ1) is 22.5. The second-order valence-corrected chi connectivity index (χ2v) is 8.85. The van der Waals surface area contributed by atoms with Gasteiger partial charge in [-0.1, -0.05) is 55.5 Å². The van der Waals surface area contributed by atoms with Gasteiger partial charge in [-0.15, -0.1) is 0 Å². The number of likely N-dealkylation sites (N-methyl/N-ethyl adjacent to an activating group) is 1. The third kappa shape index (κ3) is 6.16. The summed E-state index contributed by atoms with van der Waals surface area (Å²) in [5, 5.41) is 4.23. The van der Waals surface area contributed by atoms with E-state index in [4.69, 9.17) is 23.2 Å². The number of amides is 2. The van der Waals surface area contributed by atoms with Gasteiger partial charge in [0.2, 0.25) is 0 Å².